The summed E-state index contributed by atoms with van der Waals surface area (Å²) < 4.78 is 53.5. The maximum absolute atomic E-state index is 13.6. The number of rotatable bonds is 3. The Labute approximate surface area is 133 Å². The minimum Gasteiger partial charge on any atom is -0.255 e. The molecule has 0 aliphatic heterocycles. The van der Waals surface area contributed by atoms with E-state index in [0.29, 0.717) is 11.1 Å². The van der Waals surface area contributed by atoms with E-state index < -0.39 is 21.7 Å². The van der Waals surface area contributed by atoms with Crippen LogP contribution in [-0.4, -0.2) is 13.4 Å². The van der Waals surface area contributed by atoms with Crippen molar-refractivity contribution in [1.29, 1.82) is 0 Å². The Hall–Kier alpha value is -1.77. The predicted molar refractivity (Wildman–Crippen MR) is 81.8 cm³/mol. The van der Waals surface area contributed by atoms with Gasteiger partial charge in [-0.25, -0.2) is 22.2 Å². The third-order valence-corrected chi connectivity index (χ3v) is 5.41. The number of thiazole rings is 1. The van der Waals surface area contributed by atoms with Crippen molar-refractivity contribution >= 4 is 48.3 Å². The molecule has 0 atom stereocenters. The van der Waals surface area contributed by atoms with E-state index in [2.05, 4.69) is 9.71 Å². The molecule has 22 heavy (non-hydrogen) atoms. The molecule has 9 heteroatoms. The van der Waals surface area contributed by atoms with Gasteiger partial charge in [0.25, 0.3) is 10.0 Å². The number of benzene rings is 2. The highest BCUT2D eigenvalue weighted by Crippen LogP contribution is 2.30. The van der Waals surface area contributed by atoms with Gasteiger partial charge in [-0.3, -0.25) is 4.72 Å². The number of sulfonamides is 1. The lowest BCUT2D eigenvalue weighted by Gasteiger charge is -2.04. The standard InChI is InChI=1S/C13H7ClF2N2O2S2/c14-7-1-3-9(4-2-7)22(19,20)18-13-17-12-10(16)5-8(15)6-11(12)21-13/h1-6H,(H,17,18). The van der Waals surface area contributed by atoms with Crippen molar-refractivity contribution in [3.05, 3.63) is 53.1 Å². The third kappa shape index (κ3) is 2.90. The zero-order chi connectivity index (χ0) is 15.9. The fourth-order valence-electron chi connectivity index (χ4n) is 1.79. The lowest BCUT2D eigenvalue weighted by atomic mass is 10.3. The van der Waals surface area contributed by atoms with E-state index in [-0.39, 0.29) is 20.2 Å². The lowest BCUT2D eigenvalue weighted by molar-refractivity contribution is 0.590. The molecule has 2 aromatic carbocycles. The van der Waals surface area contributed by atoms with Crippen molar-refractivity contribution in [2.24, 2.45) is 0 Å². The summed E-state index contributed by atoms with van der Waals surface area (Å²) in [6, 6.07) is 7.32. The van der Waals surface area contributed by atoms with Crippen LogP contribution in [0.5, 0.6) is 0 Å². The molecule has 0 saturated heterocycles. The van der Waals surface area contributed by atoms with Crippen molar-refractivity contribution in [2.45, 2.75) is 4.90 Å². The topological polar surface area (TPSA) is 59.1 Å². The molecule has 0 unspecified atom stereocenters. The van der Waals surface area contributed by atoms with Crippen LogP contribution in [0.1, 0.15) is 0 Å². The second-order valence-corrected chi connectivity index (χ2v) is 7.46. The molecule has 0 aliphatic rings. The Morgan fingerprint density at radius 2 is 1.82 bits per heavy atom. The van der Waals surface area contributed by atoms with Gasteiger partial charge in [-0.15, -0.1) is 0 Å². The normalized spacial score (nSPS) is 11.8. The summed E-state index contributed by atoms with van der Waals surface area (Å²) in [5.41, 5.74) is -0.0831. The molecule has 3 rings (SSSR count). The van der Waals surface area contributed by atoms with Gasteiger partial charge in [-0.2, -0.15) is 0 Å². The largest absolute Gasteiger partial charge is 0.263 e. The van der Waals surface area contributed by atoms with Gasteiger partial charge in [-0.1, -0.05) is 22.9 Å². The summed E-state index contributed by atoms with van der Waals surface area (Å²) in [7, 11) is -3.88. The van der Waals surface area contributed by atoms with E-state index in [1.807, 2.05) is 0 Å². The first kappa shape index (κ1) is 15.1. The molecule has 0 radical (unpaired) electrons. The second kappa shape index (κ2) is 5.45. The Morgan fingerprint density at radius 1 is 1.14 bits per heavy atom. The number of halogens is 3. The minimum absolute atomic E-state index is 0.0113. The Balaban J connectivity index is 1.98. The van der Waals surface area contributed by atoms with Gasteiger partial charge in [0.2, 0.25) is 0 Å². The quantitative estimate of drug-likeness (QED) is 0.767. The maximum atomic E-state index is 13.6. The Morgan fingerprint density at radius 3 is 2.50 bits per heavy atom. The zero-order valence-corrected chi connectivity index (χ0v) is 13.1. The highest BCUT2D eigenvalue weighted by atomic mass is 35.5. The molecule has 114 valence electrons. The van der Waals surface area contributed by atoms with Crippen LogP contribution in [0, 0.1) is 11.6 Å². The monoisotopic (exact) mass is 360 g/mol. The van der Waals surface area contributed by atoms with Crippen molar-refractivity contribution in [2.75, 3.05) is 4.72 Å². The number of nitrogens with zero attached hydrogens (tertiary/aromatic N) is 1. The summed E-state index contributed by atoms with van der Waals surface area (Å²) in [6.45, 7) is 0. The Kier molecular flexibility index (Phi) is 3.75. The van der Waals surface area contributed by atoms with Crippen molar-refractivity contribution < 1.29 is 17.2 Å². The van der Waals surface area contributed by atoms with Crippen LogP contribution in [0.4, 0.5) is 13.9 Å². The van der Waals surface area contributed by atoms with E-state index >= 15 is 0 Å². The average Bonchev–Trinajstić information content (AvgIpc) is 2.81. The highest BCUT2D eigenvalue weighted by molar-refractivity contribution is 7.93. The fraction of sp³-hybridized carbons (Fsp3) is 0. The summed E-state index contributed by atoms with van der Waals surface area (Å²) in [4.78, 5) is 3.83. The van der Waals surface area contributed by atoms with Crippen molar-refractivity contribution in [3.8, 4) is 0 Å². The molecule has 0 saturated carbocycles. The summed E-state index contributed by atoms with van der Waals surface area (Å²) in [5, 5.41) is 0.353. The van der Waals surface area contributed by atoms with Gasteiger partial charge in [0.15, 0.2) is 10.9 Å². The zero-order valence-electron chi connectivity index (χ0n) is 10.7. The molecule has 0 amide bonds. The number of hydrogen-bond donors (Lipinski definition) is 1. The van der Waals surface area contributed by atoms with Gasteiger partial charge in [0.05, 0.1) is 9.60 Å². The molecular weight excluding hydrogens is 354 g/mol. The number of aromatic nitrogens is 1. The molecule has 1 aromatic heterocycles. The number of nitrogens with one attached hydrogen (secondary N) is 1. The van der Waals surface area contributed by atoms with Crippen molar-refractivity contribution in [3.63, 3.8) is 0 Å². The second-order valence-electron chi connectivity index (χ2n) is 4.31. The summed E-state index contributed by atoms with van der Waals surface area (Å²) in [5.74, 6) is -1.59. The predicted octanol–water partition coefficient (Wildman–Crippen LogP) is 4.03. The summed E-state index contributed by atoms with van der Waals surface area (Å²) in [6.07, 6.45) is 0. The van der Waals surface area contributed by atoms with Crippen LogP contribution in [0.2, 0.25) is 5.02 Å². The minimum atomic E-state index is -3.88. The van der Waals surface area contributed by atoms with Gasteiger partial charge in [0, 0.05) is 11.1 Å². The molecule has 4 nitrogen and oxygen atoms in total. The lowest BCUT2D eigenvalue weighted by Crippen LogP contribution is -2.12. The van der Waals surface area contributed by atoms with Gasteiger partial charge >= 0.3 is 0 Å². The fourth-order valence-corrected chi connectivity index (χ4v) is 4.05. The van der Waals surface area contributed by atoms with E-state index in [4.69, 9.17) is 11.6 Å². The molecule has 0 bridgehead atoms. The first-order valence-electron chi connectivity index (χ1n) is 5.89. The molecule has 0 aliphatic carbocycles. The first-order valence-corrected chi connectivity index (χ1v) is 8.57. The van der Waals surface area contributed by atoms with Crippen LogP contribution in [0.15, 0.2) is 41.3 Å². The number of hydrogen-bond acceptors (Lipinski definition) is 4. The van der Waals surface area contributed by atoms with Crippen LogP contribution < -0.4 is 4.72 Å². The maximum Gasteiger partial charge on any atom is 0.263 e. The van der Waals surface area contributed by atoms with Crippen molar-refractivity contribution in [1.82, 2.24) is 4.98 Å². The molecule has 3 aromatic rings. The van der Waals surface area contributed by atoms with E-state index in [9.17, 15) is 17.2 Å². The number of fused-ring (bicyclic) bond motifs is 1. The van der Waals surface area contributed by atoms with Gasteiger partial charge in [-0.05, 0) is 30.3 Å². The number of anilines is 1. The summed E-state index contributed by atoms with van der Waals surface area (Å²) >= 11 is 6.55. The van der Waals surface area contributed by atoms with Crippen LogP contribution >= 0.6 is 22.9 Å². The molecule has 1 heterocycles. The highest BCUT2D eigenvalue weighted by Gasteiger charge is 2.18. The molecule has 0 fully saturated rings. The molecular formula is C13H7ClF2N2O2S2. The SMILES string of the molecule is O=S(=O)(Nc1nc2c(F)cc(F)cc2s1)c1ccc(Cl)cc1. The van der Waals surface area contributed by atoms with Crippen LogP contribution in [-0.2, 0) is 10.0 Å². The smallest absolute Gasteiger partial charge is 0.255 e. The van der Waals surface area contributed by atoms with E-state index in [1.165, 1.54) is 24.3 Å². The average molecular weight is 361 g/mol. The van der Waals surface area contributed by atoms with E-state index in [0.717, 1.165) is 17.4 Å². The van der Waals surface area contributed by atoms with Gasteiger partial charge in [0.1, 0.15) is 11.3 Å². The third-order valence-electron chi connectivity index (χ3n) is 2.76. The van der Waals surface area contributed by atoms with Gasteiger partial charge < -0.3 is 0 Å². The Bertz CT molecular complexity index is 956. The van der Waals surface area contributed by atoms with E-state index in [1.54, 1.807) is 0 Å². The van der Waals surface area contributed by atoms with Crippen LogP contribution in [0.3, 0.4) is 0 Å². The molecule has 1 N–H and O–H groups in total. The van der Waals surface area contributed by atoms with Crippen LogP contribution in [0.25, 0.3) is 10.2 Å². The first-order chi connectivity index (χ1) is 10.3. The molecule has 0 spiro atoms.